The van der Waals surface area contributed by atoms with Crippen molar-refractivity contribution in [3.63, 3.8) is 0 Å². The normalized spacial score (nSPS) is 10.8. The molecule has 1 heterocycles. The van der Waals surface area contributed by atoms with Crippen LogP contribution in [0.15, 0.2) is 18.2 Å². The first-order chi connectivity index (χ1) is 8.90. The van der Waals surface area contributed by atoms with E-state index >= 15 is 0 Å². The quantitative estimate of drug-likeness (QED) is 0.809. The third kappa shape index (κ3) is 2.68. The minimum Gasteiger partial charge on any atom is -0.294 e. The summed E-state index contributed by atoms with van der Waals surface area (Å²) < 4.78 is 14.6. The maximum absolute atomic E-state index is 13.0. The molecule has 1 aromatic heterocycles. The Bertz CT molecular complexity index is 649. The number of ketones is 1. The summed E-state index contributed by atoms with van der Waals surface area (Å²) in [6.45, 7) is 3.53. The van der Waals surface area contributed by atoms with Crippen LogP contribution < -0.4 is 0 Å². The number of aryl methyl sites for hydroxylation is 3. The van der Waals surface area contributed by atoms with Crippen LogP contribution in [0.2, 0.25) is 5.15 Å². The van der Waals surface area contributed by atoms with Crippen molar-refractivity contribution in [1.29, 1.82) is 0 Å². The van der Waals surface area contributed by atoms with Crippen molar-refractivity contribution in [2.75, 3.05) is 0 Å². The SMILES string of the molecule is Cc1cc(F)ccc1C(=O)Cc1c(C)nn(C)c1Cl. The fraction of sp³-hybridized carbons (Fsp3) is 0.286. The van der Waals surface area contributed by atoms with Gasteiger partial charge in [-0.2, -0.15) is 5.10 Å². The fourth-order valence-corrected chi connectivity index (χ4v) is 2.31. The summed E-state index contributed by atoms with van der Waals surface area (Å²) in [4.78, 5) is 12.2. The minimum absolute atomic E-state index is 0.0875. The van der Waals surface area contributed by atoms with Crippen LogP contribution in [0.25, 0.3) is 0 Å². The van der Waals surface area contributed by atoms with Crippen LogP contribution in [-0.2, 0) is 13.5 Å². The predicted octanol–water partition coefficient (Wildman–Crippen LogP) is 3.25. The van der Waals surface area contributed by atoms with Gasteiger partial charge in [0.15, 0.2) is 5.78 Å². The molecule has 3 nitrogen and oxygen atoms in total. The van der Waals surface area contributed by atoms with Gasteiger partial charge in [-0.3, -0.25) is 9.48 Å². The van der Waals surface area contributed by atoms with Gasteiger partial charge in [-0.25, -0.2) is 4.39 Å². The van der Waals surface area contributed by atoms with Crippen LogP contribution in [-0.4, -0.2) is 15.6 Å². The van der Waals surface area contributed by atoms with Crippen LogP contribution >= 0.6 is 11.6 Å². The number of hydrogen-bond donors (Lipinski definition) is 0. The lowest BCUT2D eigenvalue weighted by Crippen LogP contribution is -2.07. The van der Waals surface area contributed by atoms with Gasteiger partial charge in [0, 0.05) is 24.6 Å². The molecule has 1 aromatic carbocycles. The zero-order valence-electron chi connectivity index (χ0n) is 11.0. The Labute approximate surface area is 116 Å². The molecule has 0 atom stereocenters. The first-order valence-electron chi connectivity index (χ1n) is 5.87. The molecule has 19 heavy (non-hydrogen) atoms. The Kier molecular flexibility index (Phi) is 3.71. The Morgan fingerprint density at radius 2 is 2.11 bits per heavy atom. The highest BCUT2D eigenvalue weighted by molar-refractivity contribution is 6.30. The summed E-state index contributed by atoms with van der Waals surface area (Å²) in [5, 5.41) is 4.63. The van der Waals surface area contributed by atoms with E-state index in [1.54, 1.807) is 14.0 Å². The number of hydrogen-bond acceptors (Lipinski definition) is 2. The molecule has 0 fully saturated rings. The summed E-state index contributed by atoms with van der Waals surface area (Å²) in [5.74, 6) is -0.430. The number of benzene rings is 1. The van der Waals surface area contributed by atoms with E-state index in [2.05, 4.69) is 5.10 Å². The van der Waals surface area contributed by atoms with Gasteiger partial charge in [0.2, 0.25) is 0 Å². The molecular weight excluding hydrogens is 267 g/mol. The van der Waals surface area contributed by atoms with E-state index in [0.29, 0.717) is 16.3 Å². The molecule has 100 valence electrons. The van der Waals surface area contributed by atoms with Gasteiger partial charge >= 0.3 is 0 Å². The second-order valence-electron chi connectivity index (χ2n) is 4.54. The molecule has 0 aliphatic rings. The van der Waals surface area contributed by atoms with E-state index < -0.39 is 0 Å². The topological polar surface area (TPSA) is 34.9 Å². The molecule has 0 aliphatic heterocycles. The number of nitrogens with zero attached hydrogens (tertiary/aromatic N) is 2. The maximum atomic E-state index is 13.0. The van der Waals surface area contributed by atoms with Gasteiger partial charge in [0.05, 0.1) is 5.69 Å². The van der Waals surface area contributed by atoms with E-state index in [0.717, 1.165) is 11.3 Å². The lowest BCUT2D eigenvalue weighted by Gasteiger charge is -2.05. The molecule has 0 amide bonds. The molecule has 0 radical (unpaired) electrons. The molecule has 0 N–H and O–H groups in total. The molecule has 0 spiro atoms. The Hall–Kier alpha value is -1.68. The maximum Gasteiger partial charge on any atom is 0.167 e. The lowest BCUT2D eigenvalue weighted by atomic mass is 9.99. The summed E-state index contributed by atoms with van der Waals surface area (Å²) in [7, 11) is 1.73. The van der Waals surface area contributed by atoms with Crippen molar-refractivity contribution in [2.45, 2.75) is 20.3 Å². The van der Waals surface area contributed by atoms with Gasteiger partial charge in [-0.15, -0.1) is 0 Å². The molecule has 2 rings (SSSR count). The number of carbonyl (C=O) groups is 1. The second kappa shape index (κ2) is 5.13. The number of aromatic nitrogens is 2. The monoisotopic (exact) mass is 280 g/mol. The van der Waals surface area contributed by atoms with Gasteiger partial charge in [0.25, 0.3) is 0 Å². The number of rotatable bonds is 3. The minimum atomic E-state index is -0.343. The molecule has 0 saturated heterocycles. The van der Waals surface area contributed by atoms with E-state index in [9.17, 15) is 9.18 Å². The van der Waals surface area contributed by atoms with Crippen molar-refractivity contribution in [2.24, 2.45) is 7.05 Å². The highest BCUT2D eigenvalue weighted by Crippen LogP contribution is 2.21. The van der Waals surface area contributed by atoms with Crippen molar-refractivity contribution in [3.05, 3.63) is 51.6 Å². The van der Waals surface area contributed by atoms with Gasteiger partial charge in [-0.05, 0) is 37.6 Å². The Morgan fingerprint density at radius 1 is 1.42 bits per heavy atom. The van der Waals surface area contributed by atoms with Crippen LogP contribution in [0.3, 0.4) is 0 Å². The fourth-order valence-electron chi connectivity index (χ4n) is 2.07. The van der Waals surface area contributed by atoms with Crippen LogP contribution in [0.4, 0.5) is 4.39 Å². The molecule has 0 aliphatic carbocycles. The standard InChI is InChI=1S/C14H14ClFN2O/c1-8-6-10(16)4-5-11(8)13(19)7-12-9(2)17-18(3)14(12)15/h4-6H,7H2,1-3H3. The van der Waals surface area contributed by atoms with Crippen molar-refractivity contribution >= 4 is 17.4 Å². The average molecular weight is 281 g/mol. The van der Waals surface area contributed by atoms with Crippen molar-refractivity contribution < 1.29 is 9.18 Å². The van der Waals surface area contributed by atoms with E-state index in [-0.39, 0.29) is 18.0 Å². The van der Waals surface area contributed by atoms with Crippen LogP contribution in [0.1, 0.15) is 27.2 Å². The molecule has 2 aromatic rings. The van der Waals surface area contributed by atoms with Crippen molar-refractivity contribution in [3.8, 4) is 0 Å². The van der Waals surface area contributed by atoms with Gasteiger partial charge < -0.3 is 0 Å². The predicted molar refractivity (Wildman–Crippen MR) is 72.1 cm³/mol. The summed E-state index contributed by atoms with van der Waals surface area (Å²) in [6, 6.07) is 4.15. The first-order valence-corrected chi connectivity index (χ1v) is 6.25. The summed E-state index contributed by atoms with van der Waals surface area (Å²) in [5.41, 5.74) is 2.60. The first kappa shape index (κ1) is 13.7. The number of Topliss-reactive ketones (excluding diaryl/α,β-unsaturated/α-hetero) is 1. The van der Waals surface area contributed by atoms with E-state index in [4.69, 9.17) is 11.6 Å². The summed E-state index contributed by atoms with van der Waals surface area (Å²) in [6.07, 6.45) is 0.172. The molecular formula is C14H14ClFN2O. The number of halogens is 2. The second-order valence-corrected chi connectivity index (χ2v) is 4.90. The zero-order chi connectivity index (χ0) is 14.2. The average Bonchev–Trinajstić information content (AvgIpc) is 2.56. The highest BCUT2D eigenvalue weighted by Gasteiger charge is 2.17. The third-order valence-electron chi connectivity index (χ3n) is 3.10. The lowest BCUT2D eigenvalue weighted by molar-refractivity contribution is 0.0992. The Balaban J connectivity index is 2.31. The smallest absolute Gasteiger partial charge is 0.167 e. The molecule has 0 saturated carbocycles. The molecule has 5 heteroatoms. The van der Waals surface area contributed by atoms with E-state index in [1.165, 1.54) is 22.9 Å². The van der Waals surface area contributed by atoms with Crippen molar-refractivity contribution in [1.82, 2.24) is 9.78 Å². The number of carbonyl (C=O) groups excluding carboxylic acids is 1. The molecule has 0 bridgehead atoms. The van der Waals surface area contributed by atoms with Crippen LogP contribution in [0, 0.1) is 19.7 Å². The summed E-state index contributed by atoms with van der Waals surface area (Å²) >= 11 is 6.10. The largest absolute Gasteiger partial charge is 0.294 e. The van der Waals surface area contributed by atoms with Crippen LogP contribution in [0.5, 0.6) is 0 Å². The van der Waals surface area contributed by atoms with E-state index in [1.807, 2.05) is 6.92 Å². The highest BCUT2D eigenvalue weighted by atomic mass is 35.5. The Morgan fingerprint density at radius 3 is 2.63 bits per heavy atom. The molecule has 0 unspecified atom stereocenters. The van der Waals surface area contributed by atoms with Gasteiger partial charge in [0.1, 0.15) is 11.0 Å². The zero-order valence-corrected chi connectivity index (χ0v) is 11.8. The third-order valence-corrected chi connectivity index (χ3v) is 3.57. The van der Waals surface area contributed by atoms with Gasteiger partial charge in [-0.1, -0.05) is 11.6 Å².